The molecule has 0 aliphatic carbocycles. The molecule has 1 heterocycles. The summed E-state index contributed by atoms with van der Waals surface area (Å²) >= 11 is 0. The van der Waals surface area contributed by atoms with E-state index in [0.717, 1.165) is 0 Å². The molecule has 1 amide bonds. The van der Waals surface area contributed by atoms with Crippen LogP contribution in [0.25, 0.3) is 0 Å². The SMILES string of the molecule is O=C(N[C@H](Cc1ccccc1F)C(=O)O)[C@H]1CCOC1. The highest BCUT2D eigenvalue weighted by Gasteiger charge is 2.28. The van der Waals surface area contributed by atoms with Crippen LogP contribution in [0.3, 0.4) is 0 Å². The van der Waals surface area contributed by atoms with Gasteiger partial charge in [0.25, 0.3) is 0 Å². The van der Waals surface area contributed by atoms with Crippen molar-refractivity contribution in [3.05, 3.63) is 35.6 Å². The Balaban J connectivity index is 2.02. The number of carbonyl (C=O) groups is 2. The lowest BCUT2D eigenvalue weighted by atomic mass is 10.0. The molecule has 108 valence electrons. The van der Waals surface area contributed by atoms with Crippen molar-refractivity contribution in [2.45, 2.75) is 18.9 Å². The van der Waals surface area contributed by atoms with E-state index >= 15 is 0 Å². The summed E-state index contributed by atoms with van der Waals surface area (Å²) < 4.78 is 18.6. The molecule has 0 aromatic heterocycles. The Morgan fingerprint density at radius 1 is 1.45 bits per heavy atom. The van der Waals surface area contributed by atoms with Gasteiger partial charge >= 0.3 is 5.97 Å². The van der Waals surface area contributed by atoms with Crippen LogP contribution in [0.1, 0.15) is 12.0 Å². The highest BCUT2D eigenvalue weighted by atomic mass is 19.1. The van der Waals surface area contributed by atoms with Crippen LogP contribution >= 0.6 is 0 Å². The number of carbonyl (C=O) groups excluding carboxylic acids is 1. The van der Waals surface area contributed by atoms with E-state index in [1.54, 1.807) is 6.07 Å². The summed E-state index contributed by atoms with van der Waals surface area (Å²) in [6, 6.07) is 4.80. The molecule has 1 aliphatic heterocycles. The number of hydrogen-bond acceptors (Lipinski definition) is 3. The second-order valence-electron chi connectivity index (χ2n) is 4.76. The molecule has 6 heteroatoms. The zero-order valence-corrected chi connectivity index (χ0v) is 10.8. The molecule has 2 rings (SSSR count). The molecule has 20 heavy (non-hydrogen) atoms. The van der Waals surface area contributed by atoms with E-state index in [1.807, 2.05) is 0 Å². The molecule has 1 fully saturated rings. The molecule has 0 spiro atoms. The first kappa shape index (κ1) is 14.5. The fourth-order valence-electron chi connectivity index (χ4n) is 2.11. The number of hydrogen-bond donors (Lipinski definition) is 2. The van der Waals surface area contributed by atoms with Crippen molar-refractivity contribution in [2.24, 2.45) is 5.92 Å². The molecule has 1 aliphatic rings. The van der Waals surface area contributed by atoms with Gasteiger partial charge in [-0.2, -0.15) is 0 Å². The van der Waals surface area contributed by atoms with Gasteiger partial charge in [-0.1, -0.05) is 18.2 Å². The van der Waals surface area contributed by atoms with Gasteiger partial charge in [-0.3, -0.25) is 4.79 Å². The van der Waals surface area contributed by atoms with Crippen LogP contribution in [0.4, 0.5) is 4.39 Å². The molecule has 2 N–H and O–H groups in total. The molecule has 1 saturated heterocycles. The zero-order valence-electron chi connectivity index (χ0n) is 10.8. The minimum Gasteiger partial charge on any atom is -0.480 e. The smallest absolute Gasteiger partial charge is 0.326 e. The van der Waals surface area contributed by atoms with Gasteiger partial charge < -0.3 is 15.2 Å². The van der Waals surface area contributed by atoms with E-state index < -0.39 is 17.8 Å². The van der Waals surface area contributed by atoms with Crippen LogP contribution in [-0.4, -0.2) is 36.2 Å². The van der Waals surface area contributed by atoms with Crippen LogP contribution in [0, 0.1) is 11.7 Å². The lowest BCUT2D eigenvalue weighted by molar-refractivity contribution is -0.142. The van der Waals surface area contributed by atoms with Crippen molar-refractivity contribution < 1.29 is 23.8 Å². The average molecular weight is 281 g/mol. The Morgan fingerprint density at radius 3 is 2.80 bits per heavy atom. The number of aliphatic carboxylic acids is 1. The largest absolute Gasteiger partial charge is 0.480 e. The number of carboxylic acid groups (broad SMARTS) is 1. The highest BCUT2D eigenvalue weighted by molar-refractivity contribution is 5.85. The van der Waals surface area contributed by atoms with E-state index in [-0.39, 0.29) is 23.8 Å². The molecule has 5 nitrogen and oxygen atoms in total. The zero-order chi connectivity index (χ0) is 14.5. The van der Waals surface area contributed by atoms with Crippen molar-refractivity contribution in [3.63, 3.8) is 0 Å². The van der Waals surface area contributed by atoms with Crippen molar-refractivity contribution in [1.29, 1.82) is 0 Å². The van der Waals surface area contributed by atoms with Gasteiger partial charge in [0.15, 0.2) is 0 Å². The molecule has 1 aromatic carbocycles. The van der Waals surface area contributed by atoms with E-state index in [9.17, 15) is 14.0 Å². The Kier molecular flexibility index (Phi) is 4.68. The number of ether oxygens (including phenoxy) is 1. The predicted molar refractivity (Wildman–Crippen MR) is 68.6 cm³/mol. The number of amides is 1. The second kappa shape index (κ2) is 6.47. The predicted octanol–water partition coefficient (Wildman–Crippen LogP) is 0.974. The number of rotatable bonds is 5. The van der Waals surface area contributed by atoms with Crippen LogP contribution in [0.5, 0.6) is 0 Å². The third-order valence-corrected chi connectivity index (χ3v) is 3.30. The maximum Gasteiger partial charge on any atom is 0.326 e. The Morgan fingerprint density at radius 2 is 2.20 bits per heavy atom. The summed E-state index contributed by atoms with van der Waals surface area (Å²) in [4.78, 5) is 23.1. The van der Waals surface area contributed by atoms with Crippen LogP contribution in [-0.2, 0) is 20.7 Å². The fraction of sp³-hybridized carbons (Fsp3) is 0.429. The summed E-state index contributed by atoms with van der Waals surface area (Å²) in [5.41, 5.74) is 0.267. The molecule has 2 atom stereocenters. The van der Waals surface area contributed by atoms with Crippen molar-refractivity contribution in [2.75, 3.05) is 13.2 Å². The van der Waals surface area contributed by atoms with Gasteiger partial charge in [-0.15, -0.1) is 0 Å². The Bertz CT molecular complexity index is 500. The van der Waals surface area contributed by atoms with Crippen molar-refractivity contribution in [1.82, 2.24) is 5.32 Å². The van der Waals surface area contributed by atoms with Gasteiger partial charge in [0.1, 0.15) is 11.9 Å². The van der Waals surface area contributed by atoms with Crippen LogP contribution in [0.2, 0.25) is 0 Å². The first-order valence-corrected chi connectivity index (χ1v) is 6.42. The monoisotopic (exact) mass is 281 g/mol. The summed E-state index contributed by atoms with van der Waals surface area (Å²) in [6.07, 6.45) is 0.499. The van der Waals surface area contributed by atoms with E-state index in [1.165, 1.54) is 18.2 Å². The summed E-state index contributed by atoms with van der Waals surface area (Å²) in [5, 5.41) is 11.6. The first-order chi connectivity index (χ1) is 9.58. The maximum absolute atomic E-state index is 13.5. The molecule has 0 saturated carbocycles. The topological polar surface area (TPSA) is 75.6 Å². The van der Waals surface area contributed by atoms with Gasteiger partial charge in [0.2, 0.25) is 5.91 Å². The number of carboxylic acids is 1. The quantitative estimate of drug-likeness (QED) is 0.843. The van der Waals surface area contributed by atoms with Crippen molar-refractivity contribution in [3.8, 4) is 0 Å². The van der Waals surface area contributed by atoms with Gasteiger partial charge in [-0.05, 0) is 18.1 Å². The molecular weight excluding hydrogens is 265 g/mol. The third-order valence-electron chi connectivity index (χ3n) is 3.30. The highest BCUT2D eigenvalue weighted by Crippen LogP contribution is 2.14. The number of halogens is 1. The van der Waals surface area contributed by atoms with Crippen LogP contribution in [0.15, 0.2) is 24.3 Å². The maximum atomic E-state index is 13.5. The summed E-state index contributed by atoms with van der Waals surface area (Å²) in [7, 11) is 0. The van der Waals surface area contributed by atoms with Gasteiger partial charge in [0, 0.05) is 13.0 Å². The minimum absolute atomic E-state index is 0.0820. The first-order valence-electron chi connectivity index (χ1n) is 6.42. The molecule has 0 radical (unpaired) electrons. The van der Waals surface area contributed by atoms with E-state index in [4.69, 9.17) is 9.84 Å². The lowest BCUT2D eigenvalue weighted by Gasteiger charge is -2.17. The third kappa shape index (κ3) is 3.54. The molecule has 0 bridgehead atoms. The van der Waals surface area contributed by atoms with Crippen molar-refractivity contribution >= 4 is 11.9 Å². The summed E-state index contributed by atoms with van der Waals surface area (Å²) in [5.74, 6) is -2.33. The molecule has 0 unspecified atom stereocenters. The standard InChI is InChI=1S/C14H16FNO4/c15-11-4-2-1-3-9(11)7-12(14(18)19)16-13(17)10-5-6-20-8-10/h1-4,10,12H,5-8H2,(H,16,17)(H,18,19)/t10-,12+/m0/s1. The molecular formula is C14H16FNO4. The number of benzene rings is 1. The Labute approximate surface area is 115 Å². The van der Waals surface area contributed by atoms with Gasteiger partial charge in [-0.25, -0.2) is 9.18 Å². The van der Waals surface area contributed by atoms with E-state index in [0.29, 0.717) is 19.6 Å². The van der Waals surface area contributed by atoms with E-state index in [2.05, 4.69) is 5.32 Å². The van der Waals surface area contributed by atoms with Gasteiger partial charge in [0.05, 0.1) is 12.5 Å². The Hall–Kier alpha value is -1.95. The summed E-state index contributed by atoms with van der Waals surface area (Å²) in [6.45, 7) is 0.807. The normalized spacial score (nSPS) is 19.6. The lowest BCUT2D eigenvalue weighted by Crippen LogP contribution is -2.45. The molecule has 1 aromatic rings. The fourth-order valence-corrected chi connectivity index (χ4v) is 2.11. The minimum atomic E-state index is -1.18. The average Bonchev–Trinajstić information content (AvgIpc) is 2.94. The number of nitrogens with one attached hydrogen (secondary N) is 1. The van der Waals surface area contributed by atoms with Crippen LogP contribution < -0.4 is 5.32 Å². The second-order valence-corrected chi connectivity index (χ2v) is 4.76.